The molecule has 0 amide bonds. The molecule has 1 aliphatic rings. The van der Waals surface area contributed by atoms with Crippen LogP contribution in [0.2, 0.25) is 5.02 Å². The molecule has 11 heteroatoms. The normalized spacial score (nSPS) is 32.8. The standard InChI is InChI=1S/C10H11ClF3N3O4/c11-3-1-17(9(20)16-6(3)15)7-4(19)5(12)10(2-18,21-7)8(13)14/h1,4-5,7-8,18-19H,2H2,(H2,15,16,20)/t4-,5-,7-,10-/m1/s1. The van der Waals surface area contributed by atoms with Crippen molar-refractivity contribution in [3.05, 3.63) is 21.7 Å². The number of nitrogen functional groups attached to an aromatic ring is 1. The van der Waals surface area contributed by atoms with Gasteiger partial charge in [-0.1, -0.05) is 11.6 Å². The van der Waals surface area contributed by atoms with Crippen LogP contribution in [0.25, 0.3) is 0 Å². The van der Waals surface area contributed by atoms with Gasteiger partial charge in [-0.15, -0.1) is 0 Å². The first-order chi connectivity index (χ1) is 9.74. The van der Waals surface area contributed by atoms with E-state index in [0.29, 0.717) is 4.57 Å². The van der Waals surface area contributed by atoms with Crippen molar-refractivity contribution in [3.63, 3.8) is 0 Å². The first-order valence-corrected chi connectivity index (χ1v) is 6.05. The molecule has 21 heavy (non-hydrogen) atoms. The Morgan fingerprint density at radius 3 is 2.71 bits per heavy atom. The Morgan fingerprint density at radius 2 is 2.24 bits per heavy atom. The van der Waals surface area contributed by atoms with Gasteiger partial charge < -0.3 is 20.7 Å². The summed E-state index contributed by atoms with van der Waals surface area (Å²) in [6, 6.07) is 0. The lowest BCUT2D eigenvalue weighted by molar-refractivity contribution is -0.186. The van der Waals surface area contributed by atoms with Gasteiger partial charge in [0.25, 0.3) is 6.43 Å². The molecule has 1 saturated heterocycles. The molecule has 0 bridgehead atoms. The molecule has 1 fully saturated rings. The van der Waals surface area contributed by atoms with Crippen molar-refractivity contribution in [2.24, 2.45) is 0 Å². The minimum Gasteiger partial charge on any atom is -0.393 e. The summed E-state index contributed by atoms with van der Waals surface area (Å²) in [7, 11) is 0. The van der Waals surface area contributed by atoms with E-state index in [1.54, 1.807) is 0 Å². The molecule has 2 heterocycles. The topological polar surface area (TPSA) is 111 Å². The summed E-state index contributed by atoms with van der Waals surface area (Å²) in [5.41, 5.74) is 1.28. The molecule has 1 aliphatic heterocycles. The minimum atomic E-state index is -3.43. The van der Waals surface area contributed by atoms with Crippen molar-refractivity contribution in [2.45, 2.75) is 30.5 Å². The summed E-state index contributed by atoms with van der Waals surface area (Å²) < 4.78 is 45.1. The van der Waals surface area contributed by atoms with Crippen molar-refractivity contribution in [1.82, 2.24) is 9.55 Å². The molecule has 118 valence electrons. The van der Waals surface area contributed by atoms with Crippen LogP contribution in [0.3, 0.4) is 0 Å². The summed E-state index contributed by atoms with van der Waals surface area (Å²) in [4.78, 5) is 14.9. The fourth-order valence-corrected chi connectivity index (χ4v) is 2.17. The number of hydrogen-bond donors (Lipinski definition) is 3. The van der Waals surface area contributed by atoms with E-state index in [9.17, 15) is 23.1 Å². The average molecular weight is 330 g/mol. The van der Waals surface area contributed by atoms with Crippen LogP contribution in [0.4, 0.5) is 19.0 Å². The zero-order valence-electron chi connectivity index (χ0n) is 10.3. The number of halogens is 4. The van der Waals surface area contributed by atoms with Crippen LogP contribution in [0, 0.1) is 0 Å². The summed E-state index contributed by atoms with van der Waals surface area (Å²) >= 11 is 5.64. The second-order valence-corrected chi connectivity index (χ2v) is 4.89. The third-order valence-corrected chi connectivity index (χ3v) is 3.51. The molecule has 0 spiro atoms. The average Bonchev–Trinajstić information content (AvgIpc) is 2.68. The summed E-state index contributed by atoms with van der Waals surface area (Å²) in [6.45, 7) is -1.38. The van der Waals surface area contributed by atoms with E-state index in [2.05, 4.69) is 4.98 Å². The molecule has 0 radical (unpaired) electrons. The number of rotatable bonds is 3. The van der Waals surface area contributed by atoms with Crippen molar-refractivity contribution >= 4 is 17.4 Å². The van der Waals surface area contributed by atoms with Gasteiger partial charge in [0.1, 0.15) is 11.9 Å². The van der Waals surface area contributed by atoms with Crippen LogP contribution in [-0.2, 0) is 4.74 Å². The molecule has 0 aliphatic carbocycles. The third kappa shape index (κ3) is 2.37. The van der Waals surface area contributed by atoms with Gasteiger partial charge in [0.15, 0.2) is 18.0 Å². The van der Waals surface area contributed by atoms with Crippen molar-refractivity contribution in [1.29, 1.82) is 0 Å². The van der Waals surface area contributed by atoms with Gasteiger partial charge in [-0.25, -0.2) is 18.0 Å². The van der Waals surface area contributed by atoms with Gasteiger partial charge in [-0.2, -0.15) is 4.98 Å². The SMILES string of the molecule is Nc1nc(=O)n([C@@H]2O[C@@](CO)(C(F)F)[C@H](F)[C@H]2O)cc1Cl. The molecular weight excluding hydrogens is 319 g/mol. The number of aliphatic hydroxyl groups is 2. The zero-order chi connectivity index (χ0) is 15.9. The second kappa shape index (κ2) is 5.44. The second-order valence-electron chi connectivity index (χ2n) is 4.48. The highest BCUT2D eigenvalue weighted by atomic mass is 35.5. The predicted molar refractivity (Wildman–Crippen MR) is 64.8 cm³/mol. The number of aromatic nitrogens is 2. The third-order valence-electron chi connectivity index (χ3n) is 3.22. The van der Waals surface area contributed by atoms with E-state index in [1.807, 2.05) is 0 Å². The highest BCUT2D eigenvalue weighted by Gasteiger charge is 2.61. The summed E-state index contributed by atoms with van der Waals surface area (Å²) in [5.74, 6) is -0.315. The Labute approximate surface area is 120 Å². The van der Waals surface area contributed by atoms with E-state index in [1.165, 1.54) is 0 Å². The minimum absolute atomic E-state index is 0.209. The molecule has 4 atom stereocenters. The molecule has 1 aromatic rings. The smallest absolute Gasteiger partial charge is 0.351 e. The van der Waals surface area contributed by atoms with Crippen molar-refractivity contribution in [3.8, 4) is 0 Å². The van der Waals surface area contributed by atoms with E-state index in [-0.39, 0.29) is 10.8 Å². The number of alkyl halides is 3. The highest BCUT2D eigenvalue weighted by Crippen LogP contribution is 2.42. The molecule has 4 N–H and O–H groups in total. The lowest BCUT2D eigenvalue weighted by Gasteiger charge is -2.27. The molecule has 0 saturated carbocycles. The molecule has 1 aromatic heterocycles. The number of nitrogens with two attached hydrogens (primary N) is 1. The van der Waals surface area contributed by atoms with Crippen LogP contribution < -0.4 is 11.4 Å². The maximum absolute atomic E-state index is 13.9. The molecule has 7 nitrogen and oxygen atoms in total. The Hall–Kier alpha value is -1.36. The number of ether oxygens (including phenoxy) is 1. The maximum atomic E-state index is 13.9. The fraction of sp³-hybridized carbons (Fsp3) is 0.600. The quantitative estimate of drug-likeness (QED) is 0.702. The van der Waals surface area contributed by atoms with Gasteiger partial charge in [0.05, 0.1) is 11.6 Å². The Kier molecular flexibility index (Phi) is 4.15. The number of anilines is 1. The summed E-state index contributed by atoms with van der Waals surface area (Å²) in [6.07, 6.45) is -9.10. The first-order valence-electron chi connectivity index (χ1n) is 5.67. The predicted octanol–water partition coefficient (Wildman–Crippen LogP) is -0.297. The number of aliphatic hydroxyl groups excluding tert-OH is 2. The fourth-order valence-electron chi connectivity index (χ4n) is 2.02. The largest absolute Gasteiger partial charge is 0.393 e. The number of hydrogen-bond acceptors (Lipinski definition) is 6. The molecule has 0 unspecified atom stereocenters. The van der Waals surface area contributed by atoms with Crippen LogP contribution >= 0.6 is 11.6 Å². The van der Waals surface area contributed by atoms with Crippen molar-refractivity contribution < 1.29 is 28.1 Å². The van der Waals surface area contributed by atoms with E-state index >= 15 is 0 Å². The maximum Gasteiger partial charge on any atom is 0.351 e. The van der Waals surface area contributed by atoms with Crippen molar-refractivity contribution in [2.75, 3.05) is 12.3 Å². The number of nitrogens with zero attached hydrogens (tertiary/aromatic N) is 2. The highest BCUT2D eigenvalue weighted by molar-refractivity contribution is 6.32. The molecule has 2 rings (SSSR count). The van der Waals surface area contributed by atoms with Crippen LogP contribution in [0.1, 0.15) is 6.23 Å². The van der Waals surface area contributed by atoms with Crippen LogP contribution in [-0.4, -0.2) is 50.7 Å². The molecule has 0 aromatic carbocycles. The summed E-state index contributed by atoms with van der Waals surface area (Å²) in [5, 5.41) is 18.5. The Morgan fingerprint density at radius 1 is 1.62 bits per heavy atom. The van der Waals surface area contributed by atoms with Crippen LogP contribution in [0.5, 0.6) is 0 Å². The van der Waals surface area contributed by atoms with Gasteiger partial charge in [-0.3, -0.25) is 4.57 Å². The monoisotopic (exact) mass is 329 g/mol. The van der Waals surface area contributed by atoms with Gasteiger partial charge in [0, 0.05) is 6.20 Å². The van der Waals surface area contributed by atoms with E-state index in [4.69, 9.17) is 27.2 Å². The van der Waals surface area contributed by atoms with Gasteiger partial charge in [-0.05, 0) is 0 Å². The molecular formula is C10H11ClF3N3O4. The lowest BCUT2D eigenvalue weighted by atomic mass is 9.98. The van der Waals surface area contributed by atoms with Gasteiger partial charge in [0.2, 0.25) is 0 Å². The van der Waals surface area contributed by atoms with E-state index in [0.717, 1.165) is 6.20 Å². The van der Waals surface area contributed by atoms with Gasteiger partial charge >= 0.3 is 5.69 Å². The Bertz CT molecular complexity index is 601. The Balaban J connectivity index is 2.47. The zero-order valence-corrected chi connectivity index (χ0v) is 11.0. The van der Waals surface area contributed by atoms with E-state index < -0.39 is 42.8 Å². The first kappa shape index (κ1) is 16.0. The lowest BCUT2D eigenvalue weighted by Crippen LogP contribution is -2.50. The van der Waals surface area contributed by atoms with Crippen LogP contribution in [0.15, 0.2) is 11.0 Å².